The maximum atomic E-state index is 11.1. The Morgan fingerprint density at radius 3 is 2.65 bits per heavy atom. The van der Waals surface area contributed by atoms with Crippen molar-refractivity contribution in [1.82, 2.24) is 4.98 Å². The highest BCUT2D eigenvalue weighted by Gasteiger charge is 2.07. The summed E-state index contributed by atoms with van der Waals surface area (Å²) in [5.74, 6) is 1.33. The van der Waals surface area contributed by atoms with Crippen LogP contribution in [0.4, 0.5) is 5.69 Å². The van der Waals surface area contributed by atoms with E-state index >= 15 is 0 Å². The Morgan fingerprint density at radius 2 is 2.00 bits per heavy atom. The summed E-state index contributed by atoms with van der Waals surface area (Å²) >= 11 is 0. The minimum atomic E-state index is 0.369. The first-order valence-corrected chi connectivity index (χ1v) is 6.23. The Bertz CT molecular complexity index is 546. The Morgan fingerprint density at radius 1 is 1.20 bits per heavy atom. The van der Waals surface area contributed by atoms with Gasteiger partial charge in [0.1, 0.15) is 6.61 Å². The number of amides is 1. The molecule has 0 spiro atoms. The van der Waals surface area contributed by atoms with E-state index in [1.54, 1.807) is 30.5 Å². The second-order valence-corrected chi connectivity index (χ2v) is 4.01. The summed E-state index contributed by atoms with van der Waals surface area (Å²) in [5.41, 5.74) is 0.742. The van der Waals surface area contributed by atoms with Crippen LogP contribution in [-0.4, -0.2) is 31.7 Å². The molecule has 0 saturated heterocycles. The van der Waals surface area contributed by atoms with E-state index in [-0.39, 0.29) is 0 Å². The average Bonchev–Trinajstić information content (AvgIpc) is 2.53. The fourth-order valence-corrected chi connectivity index (χ4v) is 1.76. The molecule has 0 unspecified atom stereocenters. The maximum absolute atomic E-state index is 11.1. The molecule has 0 aliphatic rings. The summed E-state index contributed by atoms with van der Waals surface area (Å²) in [6, 6.07) is 11.0. The molecule has 20 heavy (non-hydrogen) atoms. The van der Waals surface area contributed by atoms with Crippen LogP contribution in [-0.2, 0) is 4.79 Å². The number of anilines is 1. The molecule has 2 aromatic rings. The average molecular weight is 272 g/mol. The molecule has 104 valence electrons. The van der Waals surface area contributed by atoms with Crippen molar-refractivity contribution in [3.63, 3.8) is 0 Å². The number of methoxy groups -OCH3 is 1. The SMILES string of the molecule is COc1ccccc1OCCN(C=O)c1cccnc1. The number of pyridine rings is 1. The Hall–Kier alpha value is -2.56. The highest BCUT2D eigenvalue weighted by Crippen LogP contribution is 2.25. The molecule has 5 heteroatoms. The molecular weight excluding hydrogens is 256 g/mol. The lowest BCUT2D eigenvalue weighted by molar-refractivity contribution is -0.107. The summed E-state index contributed by atoms with van der Waals surface area (Å²) in [4.78, 5) is 16.6. The maximum Gasteiger partial charge on any atom is 0.214 e. The number of hydrogen-bond donors (Lipinski definition) is 0. The Labute approximate surface area is 117 Å². The van der Waals surface area contributed by atoms with Gasteiger partial charge in [0, 0.05) is 6.20 Å². The van der Waals surface area contributed by atoms with E-state index in [2.05, 4.69) is 4.98 Å². The molecule has 5 nitrogen and oxygen atoms in total. The van der Waals surface area contributed by atoms with Gasteiger partial charge in [-0.05, 0) is 24.3 Å². The standard InChI is InChI=1S/C15H16N2O3/c1-19-14-6-2-3-7-15(14)20-10-9-17(12-18)13-5-4-8-16-11-13/h2-8,11-12H,9-10H2,1H3. The van der Waals surface area contributed by atoms with Crippen molar-refractivity contribution in [3.05, 3.63) is 48.8 Å². The topological polar surface area (TPSA) is 51.7 Å². The number of nitrogens with zero attached hydrogens (tertiary/aromatic N) is 2. The van der Waals surface area contributed by atoms with Gasteiger partial charge in [0.2, 0.25) is 6.41 Å². The smallest absolute Gasteiger partial charge is 0.214 e. The number of carbonyl (C=O) groups is 1. The molecule has 0 fully saturated rings. The highest BCUT2D eigenvalue weighted by atomic mass is 16.5. The lowest BCUT2D eigenvalue weighted by Crippen LogP contribution is -2.26. The molecule has 1 amide bonds. The van der Waals surface area contributed by atoms with Crippen molar-refractivity contribution in [3.8, 4) is 11.5 Å². The van der Waals surface area contributed by atoms with Gasteiger partial charge in [0.25, 0.3) is 0 Å². The zero-order valence-electron chi connectivity index (χ0n) is 11.2. The number of para-hydroxylation sites is 2. The minimum absolute atomic E-state index is 0.369. The lowest BCUT2D eigenvalue weighted by atomic mass is 10.3. The van der Waals surface area contributed by atoms with Crippen LogP contribution in [0.15, 0.2) is 48.8 Å². The molecule has 0 bridgehead atoms. The summed E-state index contributed by atoms with van der Waals surface area (Å²) in [5, 5.41) is 0. The Kier molecular flexibility index (Phi) is 4.94. The summed E-state index contributed by atoms with van der Waals surface area (Å²) in [7, 11) is 1.59. The fraction of sp³-hybridized carbons (Fsp3) is 0.200. The molecule has 0 aliphatic heterocycles. The molecule has 0 radical (unpaired) electrons. The summed E-state index contributed by atoms with van der Waals surface area (Å²) < 4.78 is 10.8. The van der Waals surface area contributed by atoms with E-state index in [0.717, 1.165) is 12.1 Å². The number of benzene rings is 1. The van der Waals surface area contributed by atoms with Crippen LogP contribution in [0, 0.1) is 0 Å². The number of rotatable bonds is 7. The zero-order valence-corrected chi connectivity index (χ0v) is 11.2. The van der Waals surface area contributed by atoms with Gasteiger partial charge in [0.05, 0.1) is 25.5 Å². The molecular formula is C15H16N2O3. The van der Waals surface area contributed by atoms with Crippen molar-refractivity contribution >= 4 is 12.1 Å². The minimum Gasteiger partial charge on any atom is -0.493 e. The molecule has 0 N–H and O–H groups in total. The van der Waals surface area contributed by atoms with Gasteiger partial charge in [-0.25, -0.2) is 0 Å². The van der Waals surface area contributed by atoms with E-state index in [4.69, 9.17) is 9.47 Å². The van der Waals surface area contributed by atoms with Crippen LogP contribution in [0.1, 0.15) is 0 Å². The summed E-state index contributed by atoms with van der Waals surface area (Å²) in [6.07, 6.45) is 4.07. The van der Waals surface area contributed by atoms with Crippen molar-refractivity contribution in [2.45, 2.75) is 0 Å². The van der Waals surface area contributed by atoms with E-state index in [1.807, 2.05) is 30.3 Å². The quantitative estimate of drug-likeness (QED) is 0.725. The number of carbonyl (C=O) groups excluding carboxylic acids is 1. The Balaban J connectivity index is 1.93. The largest absolute Gasteiger partial charge is 0.493 e. The number of hydrogen-bond acceptors (Lipinski definition) is 4. The summed E-state index contributed by atoms with van der Waals surface area (Å²) in [6.45, 7) is 0.807. The van der Waals surface area contributed by atoms with Crippen LogP contribution < -0.4 is 14.4 Å². The van der Waals surface area contributed by atoms with Gasteiger partial charge >= 0.3 is 0 Å². The molecule has 0 atom stereocenters. The van der Waals surface area contributed by atoms with E-state index < -0.39 is 0 Å². The van der Waals surface area contributed by atoms with Crippen molar-refractivity contribution in [1.29, 1.82) is 0 Å². The third-order valence-electron chi connectivity index (χ3n) is 2.76. The van der Waals surface area contributed by atoms with Crippen molar-refractivity contribution < 1.29 is 14.3 Å². The van der Waals surface area contributed by atoms with E-state index in [0.29, 0.717) is 24.7 Å². The van der Waals surface area contributed by atoms with Gasteiger partial charge in [-0.1, -0.05) is 12.1 Å². The first-order valence-electron chi connectivity index (χ1n) is 6.23. The van der Waals surface area contributed by atoms with E-state index in [1.165, 1.54) is 0 Å². The van der Waals surface area contributed by atoms with Crippen LogP contribution in [0.3, 0.4) is 0 Å². The second-order valence-electron chi connectivity index (χ2n) is 4.01. The molecule has 0 saturated carbocycles. The first kappa shape index (κ1) is 13.9. The lowest BCUT2D eigenvalue weighted by Gasteiger charge is -2.17. The van der Waals surface area contributed by atoms with Crippen molar-refractivity contribution in [2.24, 2.45) is 0 Å². The second kappa shape index (κ2) is 7.13. The third kappa shape index (κ3) is 3.47. The molecule has 1 aromatic heterocycles. The van der Waals surface area contributed by atoms with Gasteiger partial charge in [-0.2, -0.15) is 0 Å². The fourth-order valence-electron chi connectivity index (χ4n) is 1.76. The van der Waals surface area contributed by atoms with Crippen LogP contribution >= 0.6 is 0 Å². The van der Waals surface area contributed by atoms with Crippen LogP contribution in [0.5, 0.6) is 11.5 Å². The van der Waals surface area contributed by atoms with Gasteiger partial charge in [-0.3, -0.25) is 9.78 Å². The highest BCUT2D eigenvalue weighted by molar-refractivity contribution is 5.74. The molecule has 1 heterocycles. The van der Waals surface area contributed by atoms with Crippen LogP contribution in [0.25, 0.3) is 0 Å². The van der Waals surface area contributed by atoms with E-state index in [9.17, 15) is 4.79 Å². The molecule has 2 rings (SSSR count). The predicted molar refractivity (Wildman–Crippen MR) is 76.1 cm³/mol. The molecule has 1 aromatic carbocycles. The monoisotopic (exact) mass is 272 g/mol. The third-order valence-corrected chi connectivity index (χ3v) is 2.76. The van der Waals surface area contributed by atoms with Gasteiger partial charge < -0.3 is 14.4 Å². The first-order chi connectivity index (χ1) is 9.85. The van der Waals surface area contributed by atoms with Gasteiger partial charge in [0.15, 0.2) is 11.5 Å². The van der Waals surface area contributed by atoms with Gasteiger partial charge in [-0.15, -0.1) is 0 Å². The zero-order chi connectivity index (χ0) is 14.2. The predicted octanol–water partition coefficient (Wildman–Crippen LogP) is 2.13. The van der Waals surface area contributed by atoms with Crippen LogP contribution in [0.2, 0.25) is 0 Å². The van der Waals surface area contributed by atoms with Crippen molar-refractivity contribution in [2.75, 3.05) is 25.2 Å². The normalized spacial score (nSPS) is 9.85. The number of aromatic nitrogens is 1. The number of ether oxygens (including phenoxy) is 2. The molecule has 0 aliphatic carbocycles.